The van der Waals surface area contributed by atoms with Crippen LogP contribution in [0.5, 0.6) is 0 Å². The van der Waals surface area contributed by atoms with E-state index < -0.39 is 0 Å². The van der Waals surface area contributed by atoms with Gasteiger partial charge in [0.05, 0.1) is 5.71 Å². The fourth-order valence-electron chi connectivity index (χ4n) is 3.24. The van der Waals surface area contributed by atoms with Crippen LogP contribution in [-0.4, -0.2) is 26.8 Å². The lowest BCUT2D eigenvalue weighted by atomic mass is 10.00. The molecule has 2 aromatic heterocycles. The van der Waals surface area contributed by atoms with E-state index in [9.17, 15) is 4.79 Å². The Bertz CT molecular complexity index is 1030. The molecule has 5 nitrogen and oxygen atoms in total. The molecule has 3 heterocycles. The van der Waals surface area contributed by atoms with E-state index in [-0.39, 0.29) is 12.5 Å². The van der Waals surface area contributed by atoms with Crippen LogP contribution in [-0.2, 0) is 4.79 Å². The number of halogens is 1. The summed E-state index contributed by atoms with van der Waals surface area (Å²) in [5.74, 6) is 1.51. The van der Waals surface area contributed by atoms with Crippen LogP contribution in [0.25, 0.3) is 5.00 Å². The molecule has 0 spiro atoms. The van der Waals surface area contributed by atoms with Crippen molar-refractivity contribution in [1.29, 1.82) is 0 Å². The number of fused-ring (bicyclic) bond motifs is 3. The molecule has 1 unspecified atom stereocenters. The molecule has 0 radical (unpaired) electrons. The van der Waals surface area contributed by atoms with Gasteiger partial charge in [-0.1, -0.05) is 23.7 Å². The van der Waals surface area contributed by atoms with Crippen molar-refractivity contribution in [3.8, 4) is 5.00 Å². The fraction of sp³-hybridized carbons (Fsp3) is 0.263. The minimum Gasteiger partial charge on any atom is -0.303 e. The van der Waals surface area contributed by atoms with Crippen molar-refractivity contribution in [2.24, 2.45) is 4.99 Å². The van der Waals surface area contributed by atoms with Crippen LogP contribution in [0.1, 0.15) is 45.7 Å². The molecule has 1 atom stereocenters. The smallest absolute Gasteiger partial charge is 0.163 e. The van der Waals surface area contributed by atoms with Crippen LogP contribution >= 0.6 is 22.9 Å². The lowest BCUT2D eigenvalue weighted by Crippen LogP contribution is -2.07. The molecule has 0 saturated heterocycles. The van der Waals surface area contributed by atoms with E-state index in [0.29, 0.717) is 10.8 Å². The summed E-state index contributed by atoms with van der Waals surface area (Å²) in [6.07, 6.45) is 1.15. The molecule has 1 aliphatic rings. The number of rotatable bonds is 3. The second-order valence-electron chi connectivity index (χ2n) is 6.31. The van der Waals surface area contributed by atoms with E-state index >= 15 is 0 Å². The van der Waals surface area contributed by atoms with Gasteiger partial charge < -0.3 is 4.79 Å². The number of benzene rings is 1. The molecule has 0 amide bonds. The minimum absolute atomic E-state index is 0.266. The summed E-state index contributed by atoms with van der Waals surface area (Å²) in [6, 6.07) is 7.29. The topological polar surface area (TPSA) is 60.1 Å². The number of aryl methyl sites for hydroxylation is 2. The summed E-state index contributed by atoms with van der Waals surface area (Å²) in [5, 5.41) is 10.3. The standard InChI is InChI=1S/C19H17ClN4OS/c1-10-11(2)26-19-16(10)17(13-4-6-14(20)7-5-13)21-15(8-9-25)18-23-22-12(3)24(18)19/h4-7,9,15H,8H2,1-3H3. The van der Waals surface area contributed by atoms with E-state index in [4.69, 9.17) is 16.6 Å². The van der Waals surface area contributed by atoms with Gasteiger partial charge in [-0.3, -0.25) is 9.56 Å². The molecule has 0 saturated carbocycles. The van der Waals surface area contributed by atoms with E-state index in [0.717, 1.165) is 34.0 Å². The Morgan fingerprint density at radius 3 is 2.62 bits per heavy atom. The normalized spacial score (nSPS) is 15.8. The maximum atomic E-state index is 11.3. The maximum absolute atomic E-state index is 11.3. The van der Waals surface area contributed by atoms with E-state index in [1.807, 2.05) is 35.8 Å². The van der Waals surface area contributed by atoms with Crippen LogP contribution in [0.15, 0.2) is 29.3 Å². The second kappa shape index (κ2) is 6.45. The van der Waals surface area contributed by atoms with Gasteiger partial charge >= 0.3 is 0 Å². The summed E-state index contributed by atoms with van der Waals surface area (Å²) in [5.41, 5.74) is 4.11. The molecular formula is C19H17ClN4OS. The Morgan fingerprint density at radius 1 is 1.19 bits per heavy atom. The zero-order chi connectivity index (χ0) is 18.4. The van der Waals surface area contributed by atoms with Gasteiger partial charge in [0.1, 0.15) is 23.2 Å². The van der Waals surface area contributed by atoms with Gasteiger partial charge in [-0.05, 0) is 38.5 Å². The number of nitrogens with zero attached hydrogens (tertiary/aromatic N) is 4. The summed E-state index contributed by atoms with van der Waals surface area (Å²) >= 11 is 7.77. The molecular weight excluding hydrogens is 368 g/mol. The molecule has 1 aromatic carbocycles. The first kappa shape index (κ1) is 17.1. The van der Waals surface area contributed by atoms with Crippen molar-refractivity contribution >= 4 is 34.9 Å². The number of carbonyl (C=O) groups is 1. The van der Waals surface area contributed by atoms with Crippen LogP contribution in [0.2, 0.25) is 5.02 Å². The summed E-state index contributed by atoms with van der Waals surface area (Å²) in [4.78, 5) is 17.5. The first-order valence-electron chi connectivity index (χ1n) is 8.31. The highest BCUT2D eigenvalue weighted by molar-refractivity contribution is 7.15. The van der Waals surface area contributed by atoms with Gasteiger partial charge in [0, 0.05) is 27.4 Å². The lowest BCUT2D eigenvalue weighted by molar-refractivity contribution is -0.108. The maximum Gasteiger partial charge on any atom is 0.163 e. The van der Waals surface area contributed by atoms with Gasteiger partial charge in [-0.15, -0.1) is 21.5 Å². The molecule has 4 rings (SSSR count). The van der Waals surface area contributed by atoms with Crippen LogP contribution < -0.4 is 0 Å². The number of hydrogen-bond acceptors (Lipinski definition) is 5. The van der Waals surface area contributed by atoms with Crippen molar-refractivity contribution < 1.29 is 4.79 Å². The van der Waals surface area contributed by atoms with Gasteiger partial charge in [-0.2, -0.15) is 0 Å². The van der Waals surface area contributed by atoms with E-state index in [1.54, 1.807) is 11.3 Å². The second-order valence-corrected chi connectivity index (χ2v) is 7.95. The monoisotopic (exact) mass is 384 g/mol. The zero-order valence-electron chi connectivity index (χ0n) is 14.7. The van der Waals surface area contributed by atoms with E-state index in [2.05, 4.69) is 24.0 Å². The third-order valence-corrected chi connectivity index (χ3v) is 6.12. The Hall–Kier alpha value is -2.31. The predicted molar refractivity (Wildman–Crippen MR) is 104 cm³/mol. The first-order chi connectivity index (χ1) is 12.5. The highest BCUT2D eigenvalue weighted by atomic mass is 35.5. The van der Waals surface area contributed by atoms with Crippen molar-refractivity contribution in [2.45, 2.75) is 33.2 Å². The van der Waals surface area contributed by atoms with Gasteiger partial charge in [0.2, 0.25) is 0 Å². The van der Waals surface area contributed by atoms with Crippen molar-refractivity contribution in [3.63, 3.8) is 0 Å². The average Bonchev–Trinajstić information content (AvgIpc) is 3.09. The highest BCUT2D eigenvalue weighted by Gasteiger charge is 2.30. The van der Waals surface area contributed by atoms with Gasteiger partial charge in [-0.25, -0.2) is 0 Å². The lowest BCUT2D eigenvalue weighted by Gasteiger charge is -2.10. The number of aromatic nitrogens is 3. The molecule has 0 fully saturated rings. The highest BCUT2D eigenvalue weighted by Crippen LogP contribution is 2.39. The molecule has 0 bridgehead atoms. The molecule has 1 aliphatic heterocycles. The largest absolute Gasteiger partial charge is 0.303 e. The van der Waals surface area contributed by atoms with Crippen LogP contribution in [0, 0.1) is 20.8 Å². The van der Waals surface area contributed by atoms with Gasteiger partial charge in [0.15, 0.2) is 5.82 Å². The molecule has 0 aliphatic carbocycles. The van der Waals surface area contributed by atoms with Crippen LogP contribution in [0.3, 0.4) is 0 Å². The summed E-state index contributed by atoms with van der Waals surface area (Å²) < 4.78 is 2.04. The van der Waals surface area contributed by atoms with Crippen LogP contribution in [0.4, 0.5) is 0 Å². The number of aliphatic imine (C=N–C) groups is 1. The quantitative estimate of drug-likeness (QED) is 0.629. The zero-order valence-corrected chi connectivity index (χ0v) is 16.2. The molecule has 0 N–H and O–H groups in total. The van der Waals surface area contributed by atoms with Crippen molar-refractivity contribution in [1.82, 2.24) is 14.8 Å². The molecule has 7 heteroatoms. The Kier molecular flexibility index (Phi) is 4.25. The molecule has 132 valence electrons. The summed E-state index contributed by atoms with van der Waals surface area (Å²) in [6.45, 7) is 6.14. The van der Waals surface area contributed by atoms with E-state index in [1.165, 1.54) is 10.4 Å². The summed E-state index contributed by atoms with van der Waals surface area (Å²) in [7, 11) is 0. The fourth-order valence-corrected chi connectivity index (χ4v) is 4.58. The SMILES string of the molecule is Cc1sc2c(c1C)C(c1ccc(Cl)cc1)=NC(CC=O)c1nnc(C)n1-2. The third kappa shape index (κ3) is 2.61. The van der Waals surface area contributed by atoms with Crippen molar-refractivity contribution in [2.75, 3.05) is 0 Å². The minimum atomic E-state index is -0.362. The predicted octanol–water partition coefficient (Wildman–Crippen LogP) is 4.39. The number of thiophene rings is 1. The number of hydrogen-bond donors (Lipinski definition) is 0. The number of aldehydes is 1. The molecule has 26 heavy (non-hydrogen) atoms. The van der Waals surface area contributed by atoms with Crippen molar-refractivity contribution in [3.05, 3.63) is 62.5 Å². The number of carbonyl (C=O) groups excluding carboxylic acids is 1. The molecule has 3 aromatic rings. The average molecular weight is 385 g/mol. The van der Waals surface area contributed by atoms with Gasteiger partial charge in [0.25, 0.3) is 0 Å². The Morgan fingerprint density at radius 2 is 1.92 bits per heavy atom. The first-order valence-corrected chi connectivity index (χ1v) is 9.50. The Labute approximate surface area is 160 Å². The Balaban J connectivity index is 2.05. The third-order valence-electron chi connectivity index (χ3n) is 4.68.